The van der Waals surface area contributed by atoms with Crippen molar-refractivity contribution in [3.05, 3.63) is 34.9 Å². The minimum Gasteiger partial charge on any atom is -0.357 e. The zero-order valence-corrected chi connectivity index (χ0v) is 15.6. The first-order chi connectivity index (χ1) is 10.6. The van der Waals surface area contributed by atoms with Gasteiger partial charge in [-0.2, -0.15) is 0 Å². The van der Waals surface area contributed by atoms with Gasteiger partial charge in [0.05, 0.1) is 12.8 Å². The van der Waals surface area contributed by atoms with Crippen LogP contribution in [0.1, 0.15) is 26.3 Å². The number of rotatable bonds is 7. The van der Waals surface area contributed by atoms with Crippen LogP contribution in [0.25, 0.3) is 0 Å². The van der Waals surface area contributed by atoms with Gasteiger partial charge in [0.1, 0.15) is 0 Å². The van der Waals surface area contributed by atoms with E-state index in [4.69, 9.17) is 11.6 Å². The molecule has 6 nitrogen and oxygen atoms in total. The van der Waals surface area contributed by atoms with Crippen LogP contribution in [0.3, 0.4) is 0 Å². The predicted molar refractivity (Wildman–Crippen MR) is 96.3 cm³/mol. The largest absolute Gasteiger partial charge is 0.357 e. The molecule has 8 heteroatoms. The zero-order valence-electron chi connectivity index (χ0n) is 14.0. The molecule has 0 aliphatic carbocycles. The Balaban J connectivity index is 2.67. The average Bonchev–Trinajstić information content (AvgIpc) is 2.41. The van der Waals surface area contributed by atoms with E-state index in [0.717, 1.165) is 11.8 Å². The topological polar surface area (TPSA) is 82.6 Å². The number of nitrogens with zero attached hydrogens (tertiary/aromatic N) is 1. The molecule has 0 saturated heterocycles. The van der Waals surface area contributed by atoms with Crippen LogP contribution in [-0.2, 0) is 16.6 Å². The molecular weight excluding hydrogens is 336 g/mol. The van der Waals surface area contributed by atoms with E-state index in [-0.39, 0.29) is 0 Å². The lowest BCUT2D eigenvalue weighted by Gasteiger charge is -2.26. The molecule has 130 valence electrons. The number of hydrogen-bond donors (Lipinski definition) is 3. The second-order valence-electron chi connectivity index (χ2n) is 5.93. The van der Waals surface area contributed by atoms with Crippen molar-refractivity contribution in [1.82, 2.24) is 15.4 Å². The Hall–Kier alpha value is -1.31. The summed E-state index contributed by atoms with van der Waals surface area (Å²) in [5, 5.41) is 6.98. The van der Waals surface area contributed by atoms with Gasteiger partial charge in [-0.25, -0.2) is 18.1 Å². The van der Waals surface area contributed by atoms with Gasteiger partial charge in [0.25, 0.3) is 0 Å². The number of aliphatic imine (C=N–C) groups is 1. The van der Waals surface area contributed by atoms with Gasteiger partial charge in [-0.3, -0.25) is 0 Å². The summed E-state index contributed by atoms with van der Waals surface area (Å²) >= 11 is 5.86. The van der Waals surface area contributed by atoms with Crippen molar-refractivity contribution in [1.29, 1.82) is 0 Å². The molecule has 0 fully saturated rings. The minimum atomic E-state index is -3.26. The van der Waals surface area contributed by atoms with Gasteiger partial charge >= 0.3 is 0 Å². The lowest BCUT2D eigenvalue weighted by atomic mass is 10.1. The fourth-order valence-corrected chi connectivity index (χ4v) is 3.15. The molecule has 3 N–H and O–H groups in total. The van der Waals surface area contributed by atoms with E-state index >= 15 is 0 Å². The van der Waals surface area contributed by atoms with Crippen LogP contribution in [0.5, 0.6) is 0 Å². The molecule has 0 unspecified atom stereocenters. The molecule has 1 aromatic carbocycles. The van der Waals surface area contributed by atoms with Crippen LogP contribution in [0.4, 0.5) is 0 Å². The van der Waals surface area contributed by atoms with Crippen molar-refractivity contribution >= 4 is 27.6 Å². The summed E-state index contributed by atoms with van der Waals surface area (Å²) in [6.07, 6.45) is 1.15. The third-order valence-corrected chi connectivity index (χ3v) is 4.01. The van der Waals surface area contributed by atoms with Crippen molar-refractivity contribution in [2.45, 2.75) is 32.9 Å². The van der Waals surface area contributed by atoms with Gasteiger partial charge in [0.2, 0.25) is 10.0 Å². The van der Waals surface area contributed by atoms with Crippen LogP contribution in [0.15, 0.2) is 29.3 Å². The maximum atomic E-state index is 11.4. The Morgan fingerprint density at radius 2 is 1.83 bits per heavy atom. The van der Waals surface area contributed by atoms with Crippen LogP contribution >= 0.6 is 11.6 Å². The van der Waals surface area contributed by atoms with E-state index in [1.54, 1.807) is 0 Å². The van der Waals surface area contributed by atoms with Crippen molar-refractivity contribution in [3.63, 3.8) is 0 Å². The van der Waals surface area contributed by atoms with E-state index in [0.29, 0.717) is 30.6 Å². The first-order valence-corrected chi connectivity index (χ1v) is 9.64. The number of benzene rings is 1. The van der Waals surface area contributed by atoms with E-state index in [1.807, 2.05) is 45.0 Å². The van der Waals surface area contributed by atoms with E-state index < -0.39 is 15.6 Å². The first-order valence-electron chi connectivity index (χ1n) is 7.37. The Morgan fingerprint density at radius 3 is 2.35 bits per heavy atom. The molecule has 0 atom stereocenters. The molecule has 0 bridgehead atoms. The summed E-state index contributed by atoms with van der Waals surface area (Å²) in [7, 11) is -3.26. The molecule has 0 spiro atoms. The summed E-state index contributed by atoms with van der Waals surface area (Å²) in [5.41, 5.74) is 0.421. The average molecular weight is 361 g/mol. The standard InChI is InChI=1S/C15H25ClN4O2S/c1-5-17-14(18-10-12-6-8-13(16)9-7-12)19-11-15(2,3)20-23(4,21)22/h6-9,20H,5,10-11H2,1-4H3,(H2,17,18,19). The number of halogens is 1. The van der Waals surface area contributed by atoms with Crippen molar-refractivity contribution in [2.75, 3.05) is 19.3 Å². The summed E-state index contributed by atoms with van der Waals surface area (Å²) in [6.45, 7) is 7.22. The van der Waals surface area contributed by atoms with Crippen molar-refractivity contribution in [3.8, 4) is 0 Å². The molecule has 23 heavy (non-hydrogen) atoms. The van der Waals surface area contributed by atoms with Crippen LogP contribution in [0, 0.1) is 0 Å². The Morgan fingerprint density at radius 1 is 1.22 bits per heavy atom. The number of hydrogen-bond acceptors (Lipinski definition) is 3. The normalized spacial score (nSPS) is 13.0. The third-order valence-electron chi connectivity index (χ3n) is 2.84. The van der Waals surface area contributed by atoms with E-state index in [2.05, 4.69) is 20.3 Å². The zero-order chi connectivity index (χ0) is 17.5. The van der Waals surface area contributed by atoms with Crippen molar-refractivity contribution < 1.29 is 8.42 Å². The molecule has 1 aromatic rings. The highest BCUT2D eigenvalue weighted by molar-refractivity contribution is 7.88. The second kappa shape index (κ2) is 8.52. The van der Waals surface area contributed by atoms with Gasteiger partial charge in [0, 0.05) is 23.7 Å². The molecule has 0 aliphatic heterocycles. The minimum absolute atomic E-state index is 0.409. The predicted octanol–water partition coefficient (Wildman–Crippen LogP) is 1.72. The SMILES string of the molecule is CCNC(=NCc1ccc(Cl)cc1)NCC(C)(C)NS(C)(=O)=O. The van der Waals surface area contributed by atoms with Crippen LogP contribution in [-0.4, -0.2) is 39.3 Å². The highest BCUT2D eigenvalue weighted by atomic mass is 35.5. The Bertz CT molecular complexity index is 627. The first kappa shape index (κ1) is 19.7. The molecule has 0 aromatic heterocycles. The monoisotopic (exact) mass is 360 g/mol. The van der Waals surface area contributed by atoms with Gasteiger partial charge in [-0.05, 0) is 38.5 Å². The molecule has 0 aliphatic rings. The summed E-state index contributed by atoms with van der Waals surface area (Å²) in [4.78, 5) is 4.49. The molecule has 0 saturated carbocycles. The third kappa shape index (κ3) is 8.78. The van der Waals surface area contributed by atoms with Gasteiger partial charge in [-0.1, -0.05) is 23.7 Å². The Labute approximate surface area is 143 Å². The lowest BCUT2D eigenvalue weighted by molar-refractivity contribution is 0.446. The summed E-state index contributed by atoms with van der Waals surface area (Å²) in [6, 6.07) is 7.49. The van der Waals surface area contributed by atoms with Gasteiger partial charge in [-0.15, -0.1) is 0 Å². The van der Waals surface area contributed by atoms with Gasteiger partial charge in [0.15, 0.2) is 5.96 Å². The van der Waals surface area contributed by atoms with E-state index in [9.17, 15) is 8.42 Å². The van der Waals surface area contributed by atoms with Crippen LogP contribution < -0.4 is 15.4 Å². The maximum absolute atomic E-state index is 11.4. The smallest absolute Gasteiger partial charge is 0.209 e. The molecule has 0 heterocycles. The van der Waals surface area contributed by atoms with Gasteiger partial charge < -0.3 is 10.6 Å². The highest BCUT2D eigenvalue weighted by Crippen LogP contribution is 2.10. The molecule has 0 radical (unpaired) electrons. The quantitative estimate of drug-likeness (QED) is 0.510. The molecule has 0 amide bonds. The lowest BCUT2D eigenvalue weighted by Crippen LogP contribution is -2.53. The second-order valence-corrected chi connectivity index (χ2v) is 8.12. The number of guanidine groups is 1. The Kier molecular flexibility index (Phi) is 7.31. The van der Waals surface area contributed by atoms with Crippen LogP contribution in [0.2, 0.25) is 5.02 Å². The molecule has 1 rings (SSSR count). The maximum Gasteiger partial charge on any atom is 0.209 e. The van der Waals surface area contributed by atoms with E-state index in [1.165, 1.54) is 0 Å². The highest BCUT2D eigenvalue weighted by Gasteiger charge is 2.22. The van der Waals surface area contributed by atoms with Crippen molar-refractivity contribution in [2.24, 2.45) is 4.99 Å². The summed E-state index contributed by atoms with van der Waals surface area (Å²) in [5.74, 6) is 0.630. The molecular formula is C15H25ClN4O2S. The number of nitrogens with one attached hydrogen (secondary N) is 3. The fraction of sp³-hybridized carbons (Fsp3) is 0.533. The summed E-state index contributed by atoms with van der Waals surface area (Å²) < 4.78 is 25.3. The number of sulfonamides is 1. The fourth-order valence-electron chi connectivity index (χ4n) is 1.94.